The molecule has 2 saturated carbocycles. The van der Waals surface area contributed by atoms with Gasteiger partial charge >= 0.3 is 0 Å². The van der Waals surface area contributed by atoms with Crippen LogP contribution < -0.4 is 11.1 Å². The van der Waals surface area contributed by atoms with Crippen LogP contribution in [0.4, 0.5) is 4.39 Å². The highest BCUT2D eigenvalue weighted by molar-refractivity contribution is 5.85. The van der Waals surface area contributed by atoms with Crippen molar-refractivity contribution in [1.29, 1.82) is 0 Å². The molecular weight excluding hydrogens is 327 g/mol. The minimum absolute atomic E-state index is 0. The van der Waals surface area contributed by atoms with Crippen LogP contribution in [0.3, 0.4) is 0 Å². The number of rotatable bonds is 5. The lowest BCUT2D eigenvalue weighted by Gasteiger charge is -2.26. The molecule has 1 aromatic carbocycles. The molecule has 0 aromatic heterocycles. The normalized spacial score (nSPS) is 25.2. The van der Waals surface area contributed by atoms with Crippen molar-refractivity contribution in [2.24, 2.45) is 17.6 Å². The minimum Gasteiger partial charge on any atom is -0.349 e. The number of hydrogen-bond donors (Lipinski definition) is 2. The number of nitrogens with two attached hydrogens (primary N) is 1. The van der Waals surface area contributed by atoms with Crippen LogP contribution in [0, 0.1) is 17.7 Å². The number of hydrogen-bond acceptors (Lipinski definition) is 2. The highest BCUT2D eigenvalue weighted by Gasteiger charge is 2.31. The van der Waals surface area contributed by atoms with E-state index in [0.717, 1.165) is 32.1 Å². The quantitative estimate of drug-likeness (QED) is 0.835. The predicted octanol–water partition coefficient (Wildman–Crippen LogP) is 4.11. The third kappa shape index (κ3) is 4.48. The Labute approximate surface area is 150 Å². The van der Waals surface area contributed by atoms with Gasteiger partial charge in [-0.3, -0.25) is 4.79 Å². The zero-order valence-electron chi connectivity index (χ0n) is 14.0. The smallest absolute Gasteiger partial charge is 0.220 e. The van der Waals surface area contributed by atoms with Gasteiger partial charge in [0.2, 0.25) is 5.91 Å². The number of carbonyl (C=O) groups excluding carboxylic acids is 1. The zero-order chi connectivity index (χ0) is 16.2. The molecule has 134 valence electrons. The van der Waals surface area contributed by atoms with Crippen molar-refractivity contribution >= 4 is 18.3 Å². The highest BCUT2D eigenvalue weighted by atomic mass is 35.5. The van der Waals surface area contributed by atoms with Crippen molar-refractivity contribution in [3.63, 3.8) is 0 Å². The lowest BCUT2D eigenvalue weighted by atomic mass is 9.90. The van der Waals surface area contributed by atoms with Crippen LogP contribution >= 0.6 is 12.4 Å². The van der Waals surface area contributed by atoms with E-state index in [9.17, 15) is 9.18 Å². The largest absolute Gasteiger partial charge is 0.349 e. The van der Waals surface area contributed by atoms with Crippen molar-refractivity contribution in [1.82, 2.24) is 5.32 Å². The van der Waals surface area contributed by atoms with Crippen LogP contribution in [0.25, 0.3) is 0 Å². The van der Waals surface area contributed by atoms with Gasteiger partial charge in [-0.25, -0.2) is 4.39 Å². The monoisotopic (exact) mass is 354 g/mol. The molecule has 24 heavy (non-hydrogen) atoms. The predicted molar refractivity (Wildman–Crippen MR) is 96.4 cm³/mol. The molecule has 2 aliphatic rings. The van der Waals surface area contributed by atoms with E-state index >= 15 is 0 Å². The van der Waals surface area contributed by atoms with E-state index in [1.807, 2.05) is 6.07 Å². The Bertz CT molecular complexity index is 548. The topological polar surface area (TPSA) is 55.1 Å². The molecule has 2 aliphatic carbocycles. The lowest BCUT2D eigenvalue weighted by Crippen LogP contribution is -2.36. The molecule has 3 N–H and O–H groups in total. The molecule has 3 nitrogen and oxygen atoms in total. The molecular formula is C19H28ClFN2O. The maximum Gasteiger partial charge on any atom is 0.220 e. The van der Waals surface area contributed by atoms with Crippen molar-refractivity contribution < 1.29 is 9.18 Å². The summed E-state index contributed by atoms with van der Waals surface area (Å²) in [6.07, 6.45) is 8.07. The van der Waals surface area contributed by atoms with Gasteiger partial charge < -0.3 is 11.1 Å². The van der Waals surface area contributed by atoms with Crippen LogP contribution in [0.15, 0.2) is 24.3 Å². The number of nitrogens with one attached hydrogen (secondary N) is 1. The van der Waals surface area contributed by atoms with Gasteiger partial charge in [0.1, 0.15) is 5.82 Å². The fourth-order valence-electron chi connectivity index (χ4n) is 4.26. The Morgan fingerprint density at radius 2 is 1.88 bits per heavy atom. The summed E-state index contributed by atoms with van der Waals surface area (Å²) >= 11 is 0. The Hall–Kier alpha value is -1.13. The Kier molecular flexibility index (Phi) is 7.05. The number of halogens is 2. The molecule has 0 spiro atoms. The number of benzene rings is 1. The first kappa shape index (κ1) is 19.2. The minimum atomic E-state index is -0.220. The van der Waals surface area contributed by atoms with E-state index in [1.54, 1.807) is 12.1 Å². The summed E-state index contributed by atoms with van der Waals surface area (Å²) in [6.45, 7) is 0. The zero-order valence-corrected chi connectivity index (χ0v) is 14.9. The van der Waals surface area contributed by atoms with E-state index in [0.29, 0.717) is 17.9 Å². The fourth-order valence-corrected chi connectivity index (χ4v) is 4.26. The molecule has 5 heteroatoms. The first-order chi connectivity index (χ1) is 11.1. The summed E-state index contributed by atoms with van der Waals surface area (Å²) in [6, 6.07) is 6.77. The maximum atomic E-state index is 14.2. The summed E-state index contributed by atoms with van der Waals surface area (Å²) in [7, 11) is 0. The van der Waals surface area contributed by atoms with Crippen molar-refractivity contribution in [2.45, 2.75) is 63.5 Å². The summed E-state index contributed by atoms with van der Waals surface area (Å²) in [5.41, 5.74) is 6.70. The number of amides is 1. The average molecular weight is 355 g/mol. The van der Waals surface area contributed by atoms with Gasteiger partial charge in [-0.2, -0.15) is 0 Å². The Morgan fingerprint density at radius 1 is 1.17 bits per heavy atom. The van der Waals surface area contributed by atoms with E-state index < -0.39 is 0 Å². The molecule has 0 radical (unpaired) electrons. The maximum absolute atomic E-state index is 14.2. The Balaban J connectivity index is 0.00000208. The van der Waals surface area contributed by atoms with Crippen LogP contribution in [-0.4, -0.2) is 11.9 Å². The standard InChI is InChI=1S/C19H27FN2O.ClH/c20-16-10-4-3-9-15(16)19(13-6-1-2-7-13)22-18(23)12-14-8-5-11-17(14)21;/h3-4,9-10,13-14,17,19H,1-2,5-8,11-12,21H2,(H,22,23);1H/t14-,17+,19?;/m0./s1. The fraction of sp³-hybridized carbons (Fsp3) is 0.632. The summed E-state index contributed by atoms with van der Waals surface area (Å²) < 4.78 is 14.2. The van der Waals surface area contributed by atoms with Gasteiger partial charge in [-0.05, 0) is 43.6 Å². The van der Waals surface area contributed by atoms with Crippen molar-refractivity contribution in [3.8, 4) is 0 Å². The first-order valence-corrected chi connectivity index (χ1v) is 8.94. The third-order valence-corrected chi connectivity index (χ3v) is 5.59. The number of carbonyl (C=O) groups is 1. The van der Waals surface area contributed by atoms with Gasteiger partial charge in [-0.15, -0.1) is 12.4 Å². The van der Waals surface area contributed by atoms with Crippen LogP contribution in [0.2, 0.25) is 0 Å². The first-order valence-electron chi connectivity index (χ1n) is 8.94. The van der Waals surface area contributed by atoms with E-state index in [4.69, 9.17) is 5.73 Å². The summed E-state index contributed by atoms with van der Waals surface area (Å²) in [5.74, 6) is 0.419. The Morgan fingerprint density at radius 3 is 2.50 bits per heavy atom. The second-order valence-corrected chi connectivity index (χ2v) is 7.17. The molecule has 0 aliphatic heterocycles. The molecule has 0 saturated heterocycles. The van der Waals surface area contributed by atoms with E-state index in [1.165, 1.54) is 18.9 Å². The molecule has 0 heterocycles. The second kappa shape index (κ2) is 8.82. The molecule has 1 aromatic rings. The third-order valence-electron chi connectivity index (χ3n) is 5.59. The molecule has 3 atom stereocenters. The molecule has 2 fully saturated rings. The highest BCUT2D eigenvalue weighted by Crippen LogP contribution is 2.37. The second-order valence-electron chi connectivity index (χ2n) is 7.17. The van der Waals surface area contributed by atoms with Crippen molar-refractivity contribution in [3.05, 3.63) is 35.6 Å². The summed E-state index contributed by atoms with van der Waals surface area (Å²) in [4.78, 5) is 12.5. The van der Waals surface area contributed by atoms with E-state index in [-0.39, 0.29) is 42.1 Å². The van der Waals surface area contributed by atoms with Gasteiger partial charge in [-0.1, -0.05) is 37.5 Å². The summed E-state index contributed by atoms with van der Waals surface area (Å²) in [5, 5.41) is 3.13. The molecule has 3 rings (SSSR count). The van der Waals surface area contributed by atoms with Gasteiger partial charge in [0, 0.05) is 18.0 Å². The average Bonchev–Trinajstić information content (AvgIpc) is 3.18. The molecule has 1 unspecified atom stereocenters. The van der Waals surface area contributed by atoms with Gasteiger partial charge in [0.05, 0.1) is 6.04 Å². The SMILES string of the molecule is Cl.N[C@@H]1CCC[C@H]1CC(=O)NC(c1ccccc1F)C1CCCC1. The molecule has 0 bridgehead atoms. The van der Waals surface area contributed by atoms with E-state index in [2.05, 4.69) is 5.32 Å². The van der Waals surface area contributed by atoms with Crippen LogP contribution in [0.5, 0.6) is 0 Å². The van der Waals surface area contributed by atoms with Crippen LogP contribution in [0.1, 0.15) is 63.0 Å². The van der Waals surface area contributed by atoms with Gasteiger partial charge in [0.15, 0.2) is 0 Å². The van der Waals surface area contributed by atoms with Crippen molar-refractivity contribution in [2.75, 3.05) is 0 Å². The van der Waals surface area contributed by atoms with Gasteiger partial charge in [0.25, 0.3) is 0 Å². The van der Waals surface area contributed by atoms with Crippen LogP contribution in [-0.2, 0) is 4.79 Å². The lowest BCUT2D eigenvalue weighted by molar-refractivity contribution is -0.123. The molecule has 1 amide bonds.